The van der Waals surface area contributed by atoms with Crippen molar-refractivity contribution in [2.24, 2.45) is 0 Å². The van der Waals surface area contributed by atoms with Crippen molar-refractivity contribution in [2.45, 2.75) is 12.8 Å². The average Bonchev–Trinajstić information content (AvgIpc) is 2.78. The fourth-order valence-corrected chi connectivity index (χ4v) is 1.46. The number of hydrogen-bond donors (Lipinski definition) is 1. The molecule has 6 nitrogen and oxygen atoms in total. The van der Waals surface area contributed by atoms with Crippen molar-refractivity contribution < 1.29 is 14.4 Å². The van der Waals surface area contributed by atoms with E-state index in [1.165, 1.54) is 6.08 Å². The summed E-state index contributed by atoms with van der Waals surface area (Å²) >= 11 is 0. The predicted molar refractivity (Wildman–Crippen MR) is 63.1 cm³/mol. The number of nitrogens with one attached hydrogen (secondary N) is 1. The second-order valence-electron chi connectivity index (χ2n) is 4.19. The Balaban J connectivity index is 2.18. The van der Waals surface area contributed by atoms with Gasteiger partial charge in [0.1, 0.15) is 0 Å². The van der Waals surface area contributed by atoms with Gasteiger partial charge >= 0.3 is 6.09 Å². The van der Waals surface area contributed by atoms with Crippen LogP contribution in [0.4, 0.5) is 4.79 Å². The van der Waals surface area contributed by atoms with Crippen LogP contribution in [0.2, 0.25) is 0 Å². The molecular weight excluding hydrogens is 222 g/mol. The van der Waals surface area contributed by atoms with Crippen LogP contribution in [-0.2, 0) is 9.63 Å². The largest absolute Gasteiger partial charge is 0.434 e. The standard InChI is InChI=1S/C11H19N3O3/c1-13(2)7-5-6-10(15)12-17-11(16)14-8-3-4-9-14/h5-6H,3-4,7-9H2,1-2H3,(H,12,15)/b6-5+. The lowest BCUT2D eigenvalue weighted by molar-refractivity contribution is -0.125. The fourth-order valence-electron chi connectivity index (χ4n) is 1.46. The second kappa shape index (κ2) is 6.90. The average molecular weight is 241 g/mol. The lowest BCUT2D eigenvalue weighted by Crippen LogP contribution is -2.35. The molecular formula is C11H19N3O3. The molecule has 1 fully saturated rings. The molecule has 1 rings (SSSR count). The summed E-state index contributed by atoms with van der Waals surface area (Å²) in [5, 5.41) is 0. The van der Waals surface area contributed by atoms with E-state index in [-0.39, 0.29) is 0 Å². The summed E-state index contributed by atoms with van der Waals surface area (Å²) < 4.78 is 0. The number of likely N-dealkylation sites (N-methyl/N-ethyl adjacent to an activating group) is 1. The Morgan fingerprint density at radius 3 is 2.59 bits per heavy atom. The maximum atomic E-state index is 11.4. The SMILES string of the molecule is CN(C)C/C=C/C(=O)NOC(=O)N1CCCC1. The lowest BCUT2D eigenvalue weighted by Gasteiger charge is -2.13. The number of carbonyl (C=O) groups excluding carboxylic acids is 2. The van der Waals surface area contributed by atoms with Gasteiger partial charge in [0.2, 0.25) is 0 Å². The van der Waals surface area contributed by atoms with Crippen molar-refractivity contribution >= 4 is 12.0 Å². The maximum Gasteiger partial charge on any atom is 0.434 e. The molecule has 1 aliphatic rings. The van der Waals surface area contributed by atoms with E-state index in [0.29, 0.717) is 19.6 Å². The van der Waals surface area contributed by atoms with Gasteiger partial charge in [0.15, 0.2) is 0 Å². The van der Waals surface area contributed by atoms with E-state index in [2.05, 4.69) is 10.3 Å². The third kappa shape index (κ3) is 5.35. The normalized spacial score (nSPS) is 15.6. The predicted octanol–water partition coefficient (Wildman–Crippen LogP) is 0.368. The van der Waals surface area contributed by atoms with E-state index in [1.807, 2.05) is 19.0 Å². The van der Waals surface area contributed by atoms with E-state index in [1.54, 1.807) is 11.0 Å². The first-order chi connectivity index (χ1) is 8.09. The first-order valence-corrected chi connectivity index (χ1v) is 5.66. The molecule has 0 aliphatic carbocycles. The van der Waals surface area contributed by atoms with E-state index >= 15 is 0 Å². The van der Waals surface area contributed by atoms with Crippen LogP contribution in [0.25, 0.3) is 0 Å². The molecule has 2 amide bonds. The Morgan fingerprint density at radius 2 is 2.00 bits per heavy atom. The maximum absolute atomic E-state index is 11.4. The molecule has 0 aromatic carbocycles. The van der Waals surface area contributed by atoms with Crippen LogP contribution in [0.1, 0.15) is 12.8 Å². The van der Waals surface area contributed by atoms with Crippen molar-refractivity contribution in [1.82, 2.24) is 15.3 Å². The molecule has 0 aromatic heterocycles. The Morgan fingerprint density at radius 1 is 1.35 bits per heavy atom. The first kappa shape index (κ1) is 13.5. The lowest BCUT2D eigenvalue weighted by atomic mass is 10.4. The highest BCUT2D eigenvalue weighted by atomic mass is 16.7. The molecule has 1 heterocycles. The highest BCUT2D eigenvalue weighted by Crippen LogP contribution is 2.07. The van der Waals surface area contributed by atoms with Crippen LogP contribution in [-0.4, -0.2) is 55.5 Å². The summed E-state index contributed by atoms with van der Waals surface area (Å²) in [5.74, 6) is -0.431. The molecule has 1 N–H and O–H groups in total. The zero-order valence-electron chi connectivity index (χ0n) is 10.3. The van der Waals surface area contributed by atoms with Gasteiger partial charge in [-0.2, -0.15) is 5.48 Å². The van der Waals surface area contributed by atoms with Crippen LogP contribution in [0.5, 0.6) is 0 Å². The highest BCUT2D eigenvalue weighted by molar-refractivity contribution is 5.87. The molecule has 17 heavy (non-hydrogen) atoms. The van der Waals surface area contributed by atoms with Crippen molar-refractivity contribution in [2.75, 3.05) is 33.7 Å². The summed E-state index contributed by atoms with van der Waals surface area (Å²) in [5.41, 5.74) is 2.10. The molecule has 0 atom stereocenters. The third-order valence-electron chi connectivity index (χ3n) is 2.34. The van der Waals surface area contributed by atoms with Gasteiger partial charge in [0.05, 0.1) is 0 Å². The Labute approximate surface area is 101 Å². The summed E-state index contributed by atoms with van der Waals surface area (Å²) in [6, 6.07) is 0. The van der Waals surface area contributed by atoms with Gasteiger partial charge in [0, 0.05) is 25.7 Å². The number of hydroxylamine groups is 1. The number of rotatable bonds is 3. The van der Waals surface area contributed by atoms with Crippen LogP contribution in [0.3, 0.4) is 0 Å². The first-order valence-electron chi connectivity index (χ1n) is 5.66. The number of amides is 2. The summed E-state index contributed by atoms with van der Waals surface area (Å²) in [6.45, 7) is 2.06. The Kier molecular flexibility index (Phi) is 5.48. The van der Waals surface area contributed by atoms with Crippen molar-refractivity contribution in [3.05, 3.63) is 12.2 Å². The molecule has 6 heteroatoms. The molecule has 0 bridgehead atoms. The quantitative estimate of drug-likeness (QED) is 0.573. The highest BCUT2D eigenvalue weighted by Gasteiger charge is 2.19. The Hall–Kier alpha value is -1.56. The monoisotopic (exact) mass is 241 g/mol. The van der Waals surface area contributed by atoms with Gasteiger partial charge in [-0.25, -0.2) is 4.79 Å². The van der Waals surface area contributed by atoms with E-state index in [4.69, 9.17) is 0 Å². The minimum atomic E-state index is -0.489. The van der Waals surface area contributed by atoms with Gasteiger partial charge in [-0.05, 0) is 26.9 Å². The van der Waals surface area contributed by atoms with Crippen LogP contribution in [0.15, 0.2) is 12.2 Å². The van der Waals surface area contributed by atoms with Gasteiger partial charge in [0.25, 0.3) is 5.91 Å². The smallest absolute Gasteiger partial charge is 0.321 e. The number of hydrogen-bond acceptors (Lipinski definition) is 4. The van der Waals surface area contributed by atoms with Crippen molar-refractivity contribution in [3.8, 4) is 0 Å². The molecule has 1 saturated heterocycles. The van der Waals surface area contributed by atoms with Crippen LogP contribution >= 0.6 is 0 Å². The van der Waals surface area contributed by atoms with Crippen LogP contribution in [0, 0.1) is 0 Å². The van der Waals surface area contributed by atoms with E-state index < -0.39 is 12.0 Å². The van der Waals surface area contributed by atoms with E-state index in [9.17, 15) is 9.59 Å². The zero-order valence-corrected chi connectivity index (χ0v) is 10.3. The summed E-state index contributed by atoms with van der Waals surface area (Å²) in [7, 11) is 3.80. The second-order valence-corrected chi connectivity index (χ2v) is 4.19. The number of carbonyl (C=O) groups is 2. The van der Waals surface area contributed by atoms with Gasteiger partial charge in [-0.1, -0.05) is 6.08 Å². The molecule has 0 spiro atoms. The molecule has 0 unspecified atom stereocenters. The number of likely N-dealkylation sites (tertiary alicyclic amines) is 1. The third-order valence-corrected chi connectivity index (χ3v) is 2.34. The fraction of sp³-hybridized carbons (Fsp3) is 0.636. The molecule has 0 radical (unpaired) electrons. The Bertz CT molecular complexity index is 296. The van der Waals surface area contributed by atoms with Gasteiger partial charge in [-0.15, -0.1) is 0 Å². The summed E-state index contributed by atoms with van der Waals surface area (Å²) in [6.07, 6.45) is 4.53. The molecule has 1 aliphatic heterocycles. The number of nitrogens with zero attached hydrogens (tertiary/aromatic N) is 2. The minimum absolute atomic E-state index is 0.431. The topological polar surface area (TPSA) is 61.9 Å². The zero-order chi connectivity index (χ0) is 12.7. The molecule has 0 saturated carbocycles. The van der Waals surface area contributed by atoms with Gasteiger partial charge < -0.3 is 14.6 Å². The van der Waals surface area contributed by atoms with Crippen molar-refractivity contribution in [1.29, 1.82) is 0 Å². The van der Waals surface area contributed by atoms with Crippen LogP contribution < -0.4 is 5.48 Å². The summed E-state index contributed by atoms with van der Waals surface area (Å²) in [4.78, 5) is 30.8. The molecule has 96 valence electrons. The van der Waals surface area contributed by atoms with E-state index in [0.717, 1.165) is 12.8 Å². The van der Waals surface area contributed by atoms with Crippen molar-refractivity contribution in [3.63, 3.8) is 0 Å². The minimum Gasteiger partial charge on any atom is -0.321 e. The molecule has 0 aromatic rings. The van der Waals surface area contributed by atoms with Gasteiger partial charge in [-0.3, -0.25) is 4.79 Å².